The second-order valence-corrected chi connectivity index (χ2v) is 7.14. The van der Waals surface area contributed by atoms with Gasteiger partial charge in [0.05, 0.1) is 18.9 Å². The van der Waals surface area contributed by atoms with Gasteiger partial charge in [-0.25, -0.2) is 4.68 Å². The van der Waals surface area contributed by atoms with Crippen molar-refractivity contribution in [2.24, 2.45) is 0 Å². The van der Waals surface area contributed by atoms with Gasteiger partial charge in [0, 0.05) is 45.4 Å². The van der Waals surface area contributed by atoms with Gasteiger partial charge in [-0.3, -0.25) is 4.98 Å². The van der Waals surface area contributed by atoms with Crippen LogP contribution in [0.2, 0.25) is 5.02 Å². The van der Waals surface area contributed by atoms with Crippen LogP contribution in [0.25, 0.3) is 28.1 Å². The third kappa shape index (κ3) is 3.56. The van der Waals surface area contributed by atoms with Crippen LogP contribution in [0.4, 0.5) is 0 Å². The van der Waals surface area contributed by atoms with E-state index < -0.39 is 0 Å². The number of hydrogen-bond donors (Lipinski definition) is 2. The lowest BCUT2D eigenvalue weighted by atomic mass is 9.99. The molecule has 0 amide bonds. The smallest absolute Gasteiger partial charge is 0.101 e. The van der Waals surface area contributed by atoms with Crippen molar-refractivity contribution < 1.29 is 10.2 Å². The van der Waals surface area contributed by atoms with Crippen LogP contribution in [-0.4, -0.2) is 25.0 Å². The minimum atomic E-state index is -0.149. The molecule has 0 aliphatic carbocycles. The number of benzene rings is 2. The SMILES string of the molecule is Cc1c(-c2ccc(Cl)cc2)c(-c2ccncc2)nn1-c1c(CO)cccc1CO. The third-order valence-electron chi connectivity index (χ3n) is 4.96. The van der Waals surface area contributed by atoms with Crippen LogP contribution in [0.1, 0.15) is 16.8 Å². The van der Waals surface area contributed by atoms with Gasteiger partial charge in [-0.05, 0) is 36.8 Å². The molecule has 0 saturated heterocycles. The van der Waals surface area contributed by atoms with Gasteiger partial charge < -0.3 is 10.2 Å². The highest BCUT2D eigenvalue weighted by Gasteiger charge is 2.21. The monoisotopic (exact) mass is 405 g/mol. The predicted octanol–water partition coefficient (Wildman–Crippen LogP) is 4.55. The average Bonchev–Trinajstić information content (AvgIpc) is 3.11. The maximum atomic E-state index is 9.89. The third-order valence-corrected chi connectivity index (χ3v) is 5.21. The number of aliphatic hydroxyl groups is 2. The summed E-state index contributed by atoms with van der Waals surface area (Å²) in [5, 5.41) is 25.3. The molecule has 0 atom stereocenters. The molecule has 2 aromatic carbocycles. The first kappa shape index (κ1) is 19.3. The molecule has 6 heteroatoms. The van der Waals surface area contributed by atoms with Gasteiger partial charge in [-0.15, -0.1) is 0 Å². The summed E-state index contributed by atoms with van der Waals surface area (Å²) in [7, 11) is 0. The molecule has 4 rings (SSSR count). The van der Waals surface area contributed by atoms with Crippen molar-refractivity contribution in [1.82, 2.24) is 14.8 Å². The van der Waals surface area contributed by atoms with Crippen LogP contribution >= 0.6 is 11.6 Å². The van der Waals surface area contributed by atoms with E-state index in [2.05, 4.69) is 4.98 Å². The van der Waals surface area contributed by atoms with E-state index in [1.165, 1.54) is 0 Å². The Morgan fingerprint density at radius 1 is 0.862 bits per heavy atom. The van der Waals surface area contributed by atoms with E-state index in [9.17, 15) is 10.2 Å². The van der Waals surface area contributed by atoms with Crippen LogP contribution in [-0.2, 0) is 13.2 Å². The molecule has 0 radical (unpaired) electrons. The summed E-state index contributed by atoms with van der Waals surface area (Å²) in [5.41, 5.74) is 6.67. The lowest BCUT2D eigenvalue weighted by Crippen LogP contribution is -2.08. The fraction of sp³-hybridized carbons (Fsp3) is 0.130. The molecule has 0 bridgehead atoms. The Hall–Kier alpha value is -2.99. The molecule has 29 heavy (non-hydrogen) atoms. The summed E-state index contributed by atoms with van der Waals surface area (Å²) in [6.45, 7) is 1.68. The Labute approximate surface area is 173 Å². The van der Waals surface area contributed by atoms with Crippen molar-refractivity contribution in [3.8, 4) is 28.1 Å². The van der Waals surface area contributed by atoms with Gasteiger partial charge in [-0.1, -0.05) is 41.9 Å². The second kappa shape index (κ2) is 8.17. The Morgan fingerprint density at radius 2 is 1.48 bits per heavy atom. The highest BCUT2D eigenvalue weighted by Crippen LogP contribution is 2.37. The van der Waals surface area contributed by atoms with Crippen molar-refractivity contribution in [3.05, 3.63) is 88.8 Å². The maximum Gasteiger partial charge on any atom is 0.101 e. The minimum absolute atomic E-state index is 0.149. The number of aliphatic hydroxyl groups excluding tert-OH is 2. The van der Waals surface area contributed by atoms with Crippen molar-refractivity contribution in [2.45, 2.75) is 20.1 Å². The number of pyridine rings is 1. The molecule has 5 nitrogen and oxygen atoms in total. The maximum absolute atomic E-state index is 9.89. The number of rotatable bonds is 5. The summed E-state index contributed by atoms with van der Waals surface area (Å²) in [4.78, 5) is 4.11. The summed E-state index contributed by atoms with van der Waals surface area (Å²) >= 11 is 6.09. The Morgan fingerprint density at radius 3 is 2.07 bits per heavy atom. The number of nitrogens with zero attached hydrogens (tertiary/aromatic N) is 3. The molecule has 0 aliphatic rings. The van der Waals surface area contributed by atoms with E-state index in [0.29, 0.717) is 21.8 Å². The van der Waals surface area contributed by atoms with Gasteiger partial charge in [0.1, 0.15) is 5.69 Å². The van der Waals surface area contributed by atoms with Gasteiger partial charge in [-0.2, -0.15) is 5.10 Å². The average molecular weight is 406 g/mol. The zero-order valence-corrected chi connectivity index (χ0v) is 16.6. The van der Waals surface area contributed by atoms with Crippen LogP contribution < -0.4 is 0 Å². The number of hydrogen-bond acceptors (Lipinski definition) is 4. The fourth-order valence-corrected chi connectivity index (χ4v) is 3.69. The Balaban J connectivity index is 2.03. The number of para-hydroxylation sites is 1. The minimum Gasteiger partial charge on any atom is -0.392 e. The molecule has 0 saturated carbocycles. The molecule has 0 unspecified atom stereocenters. The number of halogens is 1. The van der Waals surface area contributed by atoms with Crippen molar-refractivity contribution in [3.63, 3.8) is 0 Å². The lowest BCUT2D eigenvalue weighted by molar-refractivity contribution is 0.274. The molecule has 2 N–H and O–H groups in total. The lowest BCUT2D eigenvalue weighted by Gasteiger charge is -2.14. The first-order chi connectivity index (χ1) is 14.1. The van der Waals surface area contributed by atoms with Gasteiger partial charge in [0.2, 0.25) is 0 Å². The molecule has 4 aromatic rings. The topological polar surface area (TPSA) is 71.2 Å². The van der Waals surface area contributed by atoms with E-state index >= 15 is 0 Å². The van der Waals surface area contributed by atoms with Crippen molar-refractivity contribution >= 4 is 11.6 Å². The van der Waals surface area contributed by atoms with Crippen LogP contribution in [0, 0.1) is 6.92 Å². The molecular weight excluding hydrogens is 386 g/mol. The standard InChI is InChI=1S/C23H20ClN3O2/c1-15-21(16-5-7-20(24)8-6-16)22(17-9-11-25-12-10-17)26-27(15)23-18(13-28)3-2-4-19(23)14-29/h2-12,28-29H,13-14H2,1H3. The summed E-state index contributed by atoms with van der Waals surface area (Å²) < 4.78 is 1.80. The number of aromatic nitrogens is 3. The zero-order valence-electron chi connectivity index (χ0n) is 15.9. The summed E-state index contributed by atoms with van der Waals surface area (Å²) in [6.07, 6.45) is 3.46. The molecule has 2 aromatic heterocycles. The molecule has 146 valence electrons. The Kier molecular flexibility index (Phi) is 5.45. The first-order valence-electron chi connectivity index (χ1n) is 9.23. The van der Waals surface area contributed by atoms with Crippen molar-refractivity contribution in [2.75, 3.05) is 0 Å². The highest BCUT2D eigenvalue weighted by molar-refractivity contribution is 6.30. The van der Waals surface area contributed by atoms with Crippen LogP contribution in [0.5, 0.6) is 0 Å². The van der Waals surface area contributed by atoms with E-state index in [1.54, 1.807) is 17.1 Å². The fourth-order valence-electron chi connectivity index (χ4n) is 3.57. The highest BCUT2D eigenvalue weighted by atomic mass is 35.5. The summed E-state index contributed by atoms with van der Waals surface area (Å²) in [5.74, 6) is 0. The molecule has 2 heterocycles. The predicted molar refractivity (Wildman–Crippen MR) is 114 cm³/mol. The van der Waals surface area contributed by atoms with Gasteiger partial charge in [0.15, 0.2) is 0 Å². The largest absolute Gasteiger partial charge is 0.392 e. The van der Waals surface area contributed by atoms with E-state index in [4.69, 9.17) is 16.7 Å². The Bertz CT molecular complexity index is 1120. The summed E-state index contributed by atoms with van der Waals surface area (Å²) in [6, 6.07) is 17.0. The van der Waals surface area contributed by atoms with Crippen LogP contribution in [0.15, 0.2) is 67.0 Å². The first-order valence-corrected chi connectivity index (χ1v) is 9.60. The van der Waals surface area contributed by atoms with Gasteiger partial charge in [0.25, 0.3) is 0 Å². The van der Waals surface area contributed by atoms with Gasteiger partial charge >= 0.3 is 0 Å². The van der Waals surface area contributed by atoms with E-state index in [-0.39, 0.29) is 13.2 Å². The zero-order chi connectivity index (χ0) is 20.4. The second-order valence-electron chi connectivity index (χ2n) is 6.70. The van der Waals surface area contributed by atoms with E-state index in [0.717, 1.165) is 28.1 Å². The van der Waals surface area contributed by atoms with Crippen molar-refractivity contribution in [1.29, 1.82) is 0 Å². The molecule has 0 fully saturated rings. The quantitative estimate of drug-likeness (QED) is 0.511. The normalized spacial score (nSPS) is 11.0. The van der Waals surface area contributed by atoms with Crippen LogP contribution in [0.3, 0.4) is 0 Å². The van der Waals surface area contributed by atoms with E-state index in [1.807, 2.05) is 61.5 Å². The molecular formula is C23H20ClN3O2. The molecule has 0 aliphatic heterocycles. The molecule has 0 spiro atoms.